The number of hydrogen-bond acceptors (Lipinski definition) is 3. The molecule has 0 fully saturated rings. The van der Waals surface area contributed by atoms with E-state index in [1.54, 1.807) is 23.9 Å². The minimum absolute atomic E-state index is 0.00706. The Hall–Kier alpha value is -3.30. The summed E-state index contributed by atoms with van der Waals surface area (Å²) >= 11 is 12.3. The Morgan fingerprint density at radius 1 is 1.36 bits per heavy atom. The summed E-state index contributed by atoms with van der Waals surface area (Å²) in [7, 11) is 1.68. The zero-order chi connectivity index (χ0) is 29.5. The first-order valence-corrected chi connectivity index (χ1v) is 13.5. The lowest BCUT2D eigenvalue weighted by atomic mass is 10.00. The molecule has 0 saturated carbocycles. The van der Waals surface area contributed by atoms with Gasteiger partial charge >= 0.3 is 5.97 Å². The van der Waals surface area contributed by atoms with Gasteiger partial charge in [-0.15, -0.1) is 6.42 Å². The van der Waals surface area contributed by atoms with Crippen LogP contribution in [0.2, 0.25) is 0 Å². The fourth-order valence-corrected chi connectivity index (χ4v) is 3.78. The van der Waals surface area contributed by atoms with Crippen LogP contribution in [0.25, 0.3) is 17.3 Å². The van der Waals surface area contributed by atoms with Crippen molar-refractivity contribution >= 4 is 46.5 Å². The summed E-state index contributed by atoms with van der Waals surface area (Å²) in [6.07, 6.45) is 22.0. The van der Waals surface area contributed by atoms with Gasteiger partial charge in [0.1, 0.15) is 0 Å². The SMILES string of the molecule is C#C/C=C(CC=C(C)C)/C(=C/c1cc(C(/C=C(/Cl)C(=C)Cl)=C/C)n(C2=CCCC(OC)C=C2)n1)C(=O)O.CC. The standard InChI is InChI=1S/C30H32Cl2N2O3.C2H6/c1-7-10-23(14-13-20(3)4)27(30(35)36)18-24-19-29(22(8-2)17-28(32)21(5)31)34(33-24)25-11-9-12-26(37-6)16-15-25;1-2/h1,8,10-11,13,15-19,26H,5,9,12,14H2,2-4,6H3,(H,35,36);1-2H3/b22-8+,23-10+,27-18-,28-17+;. The molecule has 1 aromatic rings. The van der Waals surface area contributed by atoms with E-state index in [0.29, 0.717) is 23.4 Å². The van der Waals surface area contributed by atoms with Gasteiger partial charge in [0, 0.05) is 7.11 Å². The highest BCUT2D eigenvalue weighted by Crippen LogP contribution is 2.29. The van der Waals surface area contributed by atoms with Crippen molar-refractivity contribution in [3.63, 3.8) is 0 Å². The molecule has 0 aliphatic heterocycles. The first kappa shape index (κ1) is 33.7. The van der Waals surface area contributed by atoms with Crippen molar-refractivity contribution in [3.05, 3.63) is 93.3 Å². The Balaban J connectivity index is 0.00000371. The minimum atomic E-state index is -1.09. The summed E-state index contributed by atoms with van der Waals surface area (Å²) in [6, 6.07) is 1.80. The number of carboxylic acid groups (broad SMARTS) is 1. The number of hydrogen-bond donors (Lipinski definition) is 1. The molecule has 0 aromatic carbocycles. The number of ether oxygens (including phenoxy) is 1. The zero-order valence-electron chi connectivity index (χ0n) is 23.6. The van der Waals surface area contributed by atoms with Crippen LogP contribution < -0.4 is 0 Å². The lowest BCUT2D eigenvalue weighted by Crippen LogP contribution is -2.05. The molecular weight excluding hydrogens is 531 g/mol. The molecule has 0 spiro atoms. The maximum absolute atomic E-state index is 12.3. The van der Waals surface area contributed by atoms with Crippen LogP contribution in [-0.2, 0) is 9.53 Å². The molecule has 1 aliphatic rings. The average Bonchev–Trinajstić information content (AvgIpc) is 3.17. The van der Waals surface area contributed by atoms with E-state index in [-0.39, 0.29) is 21.7 Å². The van der Waals surface area contributed by atoms with Crippen LogP contribution in [0, 0.1) is 12.3 Å². The first-order chi connectivity index (χ1) is 18.6. The molecule has 39 heavy (non-hydrogen) atoms. The second kappa shape index (κ2) is 17.3. The predicted molar refractivity (Wildman–Crippen MR) is 166 cm³/mol. The highest BCUT2D eigenvalue weighted by atomic mass is 35.5. The molecule has 7 heteroatoms. The van der Waals surface area contributed by atoms with E-state index < -0.39 is 5.97 Å². The molecule has 1 N–H and O–H groups in total. The van der Waals surface area contributed by atoms with Gasteiger partial charge < -0.3 is 9.84 Å². The molecular formula is C32H38Cl2N2O3. The summed E-state index contributed by atoms with van der Waals surface area (Å²) in [5.41, 5.74) is 4.35. The molecule has 0 amide bonds. The van der Waals surface area contributed by atoms with Crippen molar-refractivity contribution in [3.8, 4) is 12.3 Å². The fourth-order valence-electron chi connectivity index (χ4n) is 3.61. The number of aromatic nitrogens is 2. The molecule has 0 bridgehead atoms. The summed E-state index contributed by atoms with van der Waals surface area (Å²) in [5, 5.41) is 15.3. The lowest BCUT2D eigenvalue weighted by Gasteiger charge is -2.09. The van der Waals surface area contributed by atoms with Crippen LogP contribution in [0.5, 0.6) is 0 Å². The highest BCUT2D eigenvalue weighted by Gasteiger charge is 2.18. The lowest BCUT2D eigenvalue weighted by molar-refractivity contribution is -0.132. The van der Waals surface area contributed by atoms with Gasteiger partial charge in [-0.2, -0.15) is 5.10 Å². The van der Waals surface area contributed by atoms with E-state index in [9.17, 15) is 9.90 Å². The van der Waals surface area contributed by atoms with Gasteiger partial charge in [-0.05, 0) is 81.6 Å². The van der Waals surface area contributed by atoms with Gasteiger partial charge in [-0.25, -0.2) is 9.48 Å². The maximum atomic E-state index is 12.3. The van der Waals surface area contributed by atoms with Gasteiger partial charge in [-0.3, -0.25) is 0 Å². The van der Waals surface area contributed by atoms with E-state index in [1.807, 2.05) is 58.9 Å². The van der Waals surface area contributed by atoms with Crippen molar-refractivity contribution in [2.75, 3.05) is 7.11 Å². The Morgan fingerprint density at radius 2 is 2.05 bits per heavy atom. The van der Waals surface area contributed by atoms with Crippen LogP contribution in [0.4, 0.5) is 0 Å². The van der Waals surface area contributed by atoms with Crippen molar-refractivity contribution < 1.29 is 14.6 Å². The second-order valence-corrected chi connectivity index (χ2v) is 9.40. The molecule has 2 rings (SSSR count). The van der Waals surface area contributed by atoms with Gasteiger partial charge in [0.25, 0.3) is 0 Å². The molecule has 208 valence electrons. The number of rotatable bonds is 10. The maximum Gasteiger partial charge on any atom is 0.336 e. The Bertz CT molecular complexity index is 1290. The molecule has 1 aromatic heterocycles. The third kappa shape index (κ3) is 10.4. The van der Waals surface area contributed by atoms with Crippen LogP contribution in [0.3, 0.4) is 0 Å². The van der Waals surface area contributed by atoms with Gasteiger partial charge in [0.2, 0.25) is 0 Å². The fraction of sp³-hybridized carbons (Fsp3) is 0.312. The van der Waals surface area contributed by atoms with Crippen LogP contribution in [-0.4, -0.2) is 34.1 Å². The topological polar surface area (TPSA) is 64.4 Å². The molecule has 1 unspecified atom stereocenters. The van der Waals surface area contributed by atoms with Crippen molar-refractivity contribution in [2.45, 2.75) is 60.0 Å². The average molecular weight is 570 g/mol. The largest absolute Gasteiger partial charge is 0.478 e. The summed E-state index contributed by atoms with van der Waals surface area (Å²) in [5.74, 6) is 1.36. The first-order valence-electron chi connectivity index (χ1n) is 12.7. The van der Waals surface area contributed by atoms with E-state index in [1.165, 1.54) is 12.2 Å². The smallest absolute Gasteiger partial charge is 0.336 e. The van der Waals surface area contributed by atoms with E-state index in [0.717, 1.165) is 29.7 Å². The third-order valence-corrected chi connectivity index (χ3v) is 6.20. The number of allylic oxidation sites excluding steroid dienone is 11. The second-order valence-electron chi connectivity index (χ2n) is 8.53. The van der Waals surface area contributed by atoms with Crippen LogP contribution in [0.1, 0.15) is 65.3 Å². The number of nitrogens with zero attached hydrogens (tertiary/aromatic N) is 2. The van der Waals surface area contributed by atoms with Crippen LogP contribution in [0.15, 0.2) is 82.0 Å². The molecule has 1 aliphatic carbocycles. The Labute approximate surface area is 243 Å². The quantitative estimate of drug-likeness (QED) is 0.132. The van der Waals surface area contributed by atoms with E-state index >= 15 is 0 Å². The molecule has 5 nitrogen and oxygen atoms in total. The predicted octanol–water partition coefficient (Wildman–Crippen LogP) is 8.78. The zero-order valence-corrected chi connectivity index (χ0v) is 25.1. The summed E-state index contributed by atoms with van der Waals surface area (Å²) < 4.78 is 7.25. The van der Waals surface area contributed by atoms with Gasteiger partial charge in [0.05, 0.1) is 38.8 Å². The Kier molecular flexibility index (Phi) is 15.0. The number of aliphatic carboxylic acids is 1. The minimum Gasteiger partial charge on any atom is -0.478 e. The van der Waals surface area contributed by atoms with Gasteiger partial charge in [0.15, 0.2) is 0 Å². The molecule has 0 saturated heterocycles. The van der Waals surface area contributed by atoms with E-state index in [4.69, 9.17) is 39.5 Å². The number of terminal acetylenes is 1. The number of halogens is 2. The summed E-state index contributed by atoms with van der Waals surface area (Å²) in [4.78, 5) is 12.3. The van der Waals surface area contributed by atoms with Crippen LogP contribution >= 0.6 is 23.2 Å². The third-order valence-electron chi connectivity index (χ3n) is 5.57. The highest BCUT2D eigenvalue weighted by molar-refractivity contribution is 6.44. The number of carboxylic acids is 1. The Morgan fingerprint density at radius 3 is 2.59 bits per heavy atom. The van der Waals surface area contributed by atoms with Crippen molar-refractivity contribution in [1.82, 2.24) is 9.78 Å². The van der Waals surface area contributed by atoms with Gasteiger partial charge in [-0.1, -0.05) is 79.4 Å². The van der Waals surface area contributed by atoms with Crippen molar-refractivity contribution in [2.24, 2.45) is 0 Å². The summed E-state index contributed by atoms with van der Waals surface area (Å²) in [6.45, 7) is 13.4. The molecule has 1 heterocycles. The molecule has 1 atom stereocenters. The monoisotopic (exact) mass is 568 g/mol. The normalized spacial score (nSPS) is 16.4. The number of carbonyl (C=O) groups is 1. The molecule has 0 radical (unpaired) electrons. The van der Waals surface area contributed by atoms with Crippen molar-refractivity contribution in [1.29, 1.82) is 0 Å². The number of methoxy groups -OCH3 is 1. The van der Waals surface area contributed by atoms with E-state index in [2.05, 4.69) is 18.6 Å².